The molecule has 0 heterocycles. The summed E-state index contributed by atoms with van der Waals surface area (Å²) in [6.45, 7) is 10.6. The molecule has 0 N–H and O–H groups in total. The van der Waals surface area contributed by atoms with E-state index in [2.05, 4.69) is 38.3 Å². The number of thiol groups is 1. The topological polar surface area (TPSA) is 3.24 Å². The van der Waals surface area contributed by atoms with Gasteiger partial charge in [0.2, 0.25) is 0 Å². The van der Waals surface area contributed by atoms with E-state index in [-0.39, 0.29) is 0 Å². The molecule has 1 unspecified atom stereocenters. The fourth-order valence-corrected chi connectivity index (χ4v) is 2.47. The molecule has 0 rings (SSSR count). The van der Waals surface area contributed by atoms with Crippen molar-refractivity contribution in [1.82, 2.24) is 4.90 Å². The number of hydrogen-bond donors (Lipinski definition) is 1. The molecule has 0 aliphatic carbocycles. The zero-order valence-corrected chi connectivity index (χ0v) is 12.4. The molecule has 1 nitrogen and oxygen atoms in total. The maximum Gasteiger partial charge on any atom is 0.00172 e. The molecule has 0 aromatic rings. The molecule has 0 aliphatic heterocycles. The lowest BCUT2D eigenvalue weighted by Gasteiger charge is -2.21. The molecule has 0 radical (unpaired) electrons. The summed E-state index contributed by atoms with van der Waals surface area (Å²) in [7, 11) is 0. The first-order valence-corrected chi connectivity index (χ1v) is 7.66. The summed E-state index contributed by atoms with van der Waals surface area (Å²) in [5.41, 5.74) is 0. The minimum absolute atomic E-state index is 0.630. The van der Waals surface area contributed by atoms with Gasteiger partial charge in [0.1, 0.15) is 0 Å². The van der Waals surface area contributed by atoms with E-state index in [4.69, 9.17) is 0 Å². The van der Waals surface area contributed by atoms with Gasteiger partial charge in [0.05, 0.1) is 0 Å². The highest BCUT2D eigenvalue weighted by atomic mass is 32.1. The van der Waals surface area contributed by atoms with Gasteiger partial charge in [-0.3, -0.25) is 0 Å². The third-order valence-corrected chi connectivity index (χ3v) is 3.50. The number of hydrogen-bond acceptors (Lipinski definition) is 2. The van der Waals surface area contributed by atoms with E-state index >= 15 is 0 Å². The van der Waals surface area contributed by atoms with Gasteiger partial charge in [-0.1, -0.05) is 33.6 Å². The predicted molar refractivity (Wildman–Crippen MR) is 78.6 cm³/mol. The predicted octanol–water partition coefficient (Wildman–Crippen LogP) is 4.38. The minimum Gasteiger partial charge on any atom is -0.303 e. The second kappa shape index (κ2) is 11.8. The van der Waals surface area contributed by atoms with Gasteiger partial charge in [0.15, 0.2) is 0 Å². The number of rotatable bonds is 11. The lowest BCUT2D eigenvalue weighted by Crippen LogP contribution is -2.27. The monoisotopic (exact) mass is 245 g/mol. The van der Waals surface area contributed by atoms with Crippen molar-refractivity contribution in [2.75, 3.05) is 19.6 Å². The van der Waals surface area contributed by atoms with Crippen LogP contribution < -0.4 is 0 Å². The highest BCUT2D eigenvalue weighted by Gasteiger charge is 2.05. The van der Waals surface area contributed by atoms with Crippen LogP contribution in [0.15, 0.2) is 0 Å². The lowest BCUT2D eigenvalue weighted by molar-refractivity contribution is 0.268. The normalized spacial score (nSPS) is 13.3. The van der Waals surface area contributed by atoms with Crippen LogP contribution in [0.2, 0.25) is 0 Å². The van der Waals surface area contributed by atoms with Crippen molar-refractivity contribution in [1.29, 1.82) is 0 Å². The van der Waals surface area contributed by atoms with E-state index in [1.165, 1.54) is 64.6 Å². The molecule has 16 heavy (non-hydrogen) atoms. The summed E-state index contributed by atoms with van der Waals surface area (Å²) >= 11 is 4.65. The van der Waals surface area contributed by atoms with Crippen molar-refractivity contribution < 1.29 is 0 Å². The van der Waals surface area contributed by atoms with Gasteiger partial charge in [0.25, 0.3) is 0 Å². The van der Waals surface area contributed by atoms with Crippen molar-refractivity contribution >= 4 is 12.6 Å². The molecule has 98 valence electrons. The smallest absolute Gasteiger partial charge is 0.00172 e. The van der Waals surface area contributed by atoms with Crippen LogP contribution in [-0.4, -0.2) is 29.8 Å². The molecule has 1 atom stereocenters. The highest BCUT2D eigenvalue weighted by Crippen LogP contribution is 2.13. The molecule has 0 fully saturated rings. The Morgan fingerprint density at radius 1 is 0.812 bits per heavy atom. The van der Waals surface area contributed by atoms with Crippen molar-refractivity contribution in [3.63, 3.8) is 0 Å². The quantitative estimate of drug-likeness (QED) is 0.529. The molecule has 2 heteroatoms. The van der Waals surface area contributed by atoms with Crippen molar-refractivity contribution in [2.24, 2.45) is 0 Å². The summed E-state index contributed by atoms with van der Waals surface area (Å²) in [5.74, 6) is 0. The largest absolute Gasteiger partial charge is 0.303 e. The van der Waals surface area contributed by atoms with Crippen molar-refractivity contribution in [2.45, 2.75) is 71.0 Å². The van der Waals surface area contributed by atoms with Crippen LogP contribution in [0, 0.1) is 0 Å². The Morgan fingerprint density at radius 3 is 1.88 bits per heavy atom. The number of unbranched alkanes of at least 4 members (excludes halogenated alkanes) is 1. The molecular formula is C14H31NS. The van der Waals surface area contributed by atoms with E-state index in [9.17, 15) is 0 Å². The zero-order valence-electron chi connectivity index (χ0n) is 11.5. The second-order valence-electron chi connectivity index (χ2n) is 4.78. The minimum atomic E-state index is 0.630. The molecule has 0 spiro atoms. The Balaban J connectivity index is 3.51. The molecule has 0 aliphatic rings. The first-order valence-electron chi connectivity index (χ1n) is 7.14. The van der Waals surface area contributed by atoms with E-state index in [0.717, 1.165) is 0 Å². The van der Waals surface area contributed by atoms with Crippen LogP contribution in [0.4, 0.5) is 0 Å². The Hall–Kier alpha value is 0.310. The van der Waals surface area contributed by atoms with E-state index < -0.39 is 0 Å². The summed E-state index contributed by atoms with van der Waals surface area (Å²) in [5, 5.41) is 0.630. The molecule has 0 saturated carbocycles. The van der Waals surface area contributed by atoms with Crippen molar-refractivity contribution in [3.8, 4) is 0 Å². The van der Waals surface area contributed by atoms with Gasteiger partial charge in [-0.25, -0.2) is 0 Å². The van der Waals surface area contributed by atoms with Crippen LogP contribution >= 0.6 is 12.6 Å². The molecular weight excluding hydrogens is 214 g/mol. The molecule has 0 aromatic heterocycles. The summed E-state index contributed by atoms with van der Waals surface area (Å²) in [6.07, 6.45) is 9.09. The second-order valence-corrected chi connectivity index (χ2v) is 5.51. The molecule has 0 amide bonds. The average Bonchev–Trinajstić information content (AvgIpc) is 2.27. The molecule has 0 saturated heterocycles. The van der Waals surface area contributed by atoms with Crippen LogP contribution in [0.5, 0.6) is 0 Å². The zero-order chi connectivity index (χ0) is 12.2. The van der Waals surface area contributed by atoms with Crippen LogP contribution in [0.1, 0.15) is 65.7 Å². The average molecular weight is 245 g/mol. The van der Waals surface area contributed by atoms with Gasteiger partial charge >= 0.3 is 0 Å². The summed E-state index contributed by atoms with van der Waals surface area (Å²) < 4.78 is 0. The first kappa shape index (κ1) is 16.3. The fraction of sp³-hybridized carbons (Fsp3) is 1.00. The maximum absolute atomic E-state index is 4.65. The molecule has 0 aromatic carbocycles. The summed E-state index contributed by atoms with van der Waals surface area (Å²) in [4.78, 5) is 2.60. The first-order chi connectivity index (χ1) is 7.74. The van der Waals surface area contributed by atoms with Crippen LogP contribution in [0.3, 0.4) is 0 Å². The summed E-state index contributed by atoms with van der Waals surface area (Å²) in [6, 6.07) is 0. The fourth-order valence-electron chi connectivity index (χ4n) is 2.10. The van der Waals surface area contributed by atoms with E-state index in [1.807, 2.05) is 0 Å². The van der Waals surface area contributed by atoms with Gasteiger partial charge < -0.3 is 4.90 Å². The van der Waals surface area contributed by atoms with Gasteiger partial charge in [-0.15, -0.1) is 0 Å². The van der Waals surface area contributed by atoms with E-state index in [0.29, 0.717) is 5.25 Å². The maximum atomic E-state index is 4.65. The Labute approximate surface area is 108 Å². The van der Waals surface area contributed by atoms with Gasteiger partial charge in [-0.2, -0.15) is 12.6 Å². The highest BCUT2D eigenvalue weighted by molar-refractivity contribution is 7.80. The standard InChI is InChI=1S/C14H31NS/c1-4-7-9-14(16)10-8-13-15(11-5-2)12-6-3/h14,16H,4-13H2,1-3H3. The van der Waals surface area contributed by atoms with Crippen LogP contribution in [0.25, 0.3) is 0 Å². The number of nitrogens with zero attached hydrogens (tertiary/aromatic N) is 1. The lowest BCUT2D eigenvalue weighted by atomic mass is 10.1. The van der Waals surface area contributed by atoms with Crippen LogP contribution in [-0.2, 0) is 0 Å². The van der Waals surface area contributed by atoms with Crippen molar-refractivity contribution in [3.05, 3.63) is 0 Å². The third-order valence-electron chi connectivity index (χ3n) is 2.98. The Morgan fingerprint density at radius 2 is 1.38 bits per heavy atom. The third kappa shape index (κ3) is 9.53. The van der Waals surface area contributed by atoms with Gasteiger partial charge in [0, 0.05) is 5.25 Å². The molecule has 0 bridgehead atoms. The van der Waals surface area contributed by atoms with Gasteiger partial charge in [-0.05, 0) is 51.7 Å². The Bertz CT molecular complexity index is 133. The van der Waals surface area contributed by atoms with E-state index in [1.54, 1.807) is 0 Å². The Kier molecular flexibility index (Phi) is 12.0. The SMILES string of the molecule is CCCCC(S)CCCN(CCC)CCC.